The molecular formula is C19H28N2O4S. The highest BCUT2D eigenvalue weighted by molar-refractivity contribution is 8.00. The van der Waals surface area contributed by atoms with Crippen LogP contribution in [0.3, 0.4) is 0 Å². The molecule has 0 aromatic heterocycles. The minimum absolute atomic E-state index is 0.00770. The molecule has 1 aromatic carbocycles. The monoisotopic (exact) mass is 380 g/mol. The molecule has 26 heavy (non-hydrogen) atoms. The Hall–Kier alpha value is -1.89. The van der Waals surface area contributed by atoms with Crippen molar-refractivity contribution in [2.24, 2.45) is 5.92 Å². The Bertz CT molecular complexity index is 650. The maximum Gasteiger partial charge on any atom is 0.242 e. The molecule has 1 heterocycles. The van der Waals surface area contributed by atoms with E-state index < -0.39 is 6.04 Å². The number of methoxy groups -OCH3 is 2. The summed E-state index contributed by atoms with van der Waals surface area (Å²) in [5.41, 5.74) is 0.927. The number of thioether (sulfide) groups is 1. The Morgan fingerprint density at radius 1 is 1.31 bits per heavy atom. The van der Waals surface area contributed by atoms with Gasteiger partial charge in [-0.3, -0.25) is 9.59 Å². The Morgan fingerprint density at radius 3 is 2.58 bits per heavy atom. The van der Waals surface area contributed by atoms with E-state index in [0.717, 1.165) is 5.56 Å². The fraction of sp³-hybridized carbons (Fsp3) is 0.579. The third-order valence-electron chi connectivity index (χ3n) is 4.28. The van der Waals surface area contributed by atoms with Crippen LogP contribution in [0.15, 0.2) is 18.2 Å². The van der Waals surface area contributed by atoms with Crippen LogP contribution in [0.2, 0.25) is 0 Å². The van der Waals surface area contributed by atoms with Crippen LogP contribution >= 0.6 is 11.8 Å². The van der Waals surface area contributed by atoms with Crippen molar-refractivity contribution in [2.75, 3.05) is 26.5 Å². The van der Waals surface area contributed by atoms with Gasteiger partial charge in [-0.2, -0.15) is 0 Å². The van der Waals surface area contributed by atoms with E-state index in [-0.39, 0.29) is 17.2 Å². The molecule has 0 bridgehead atoms. The number of carbonyl (C=O) groups excluding carboxylic acids is 2. The molecule has 1 saturated heterocycles. The standard InChI is InChI=1S/C19H28N2O4S/c1-6-20-18(23)14(9-12(2)3)21-17(22)11-26-19(21)13-7-8-15(24-4)16(10-13)25-5/h7-8,10,12,14,19H,6,9,11H2,1-5H3,(H,20,23)/t14-,19+/m1/s1. The largest absolute Gasteiger partial charge is 0.493 e. The molecular weight excluding hydrogens is 352 g/mol. The van der Waals surface area contributed by atoms with Crippen LogP contribution in [-0.2, 0) is 9.59 Å². The minimum Gasteiger partial charge on any atom is -0.493 e. The van der Waals surface area contributed by atoms with E-state index in [2.05, 4.69) is 19.2 Å². The zero-order valence-corrected chi connectivity index (χ0v) is 16.9. The SMILES string of the molecule is CCNC(=O)[C@@H](CC(C)C)N1C(=O)CS[C@H]1c1ccc(OC)c(OC)c1. The summed E-state index contributed by atoms with van der Waals surface area (Å²) in [5.74, 6) is 1.82. The van der Waals surface area contributed by atoms with Crippen molar-refractivity contribution in [1.82, 2.24) is 10.2 Å². The molecule has 0 aliphatic carbocycles. The molecule has 0 saturated carbocycles. The highest BCUT2D eigenvalue weighted by atomic mass is 32.2. The van der Waals surface area contributed by atoms with E-state index >= 15 is 0 Å². The second-order valence-corrected chi connectivity index (χ2v) is 7.69. The van der Waals surface area contributed by atoms with Crippen LogP contribution in [-0.4, -0.2) is 49.3 Å². The zero-order valence-electron chi connectivity index (χ0n) is 16.1. The highest BCUT2D eigenvalue weighted by Crippen LogP contribution is 2.43. The average Bonchev–Trinajstić information content (AvgIpc) is 3.00. The van der Waals surface area contributed by atoms with Crippen molar-refractivity contribution in [3.8, 4) is 11.5 Å². The molecule has 0 unspecified atom stereocenters. The van der Waals surface area contributed by atoms with Gasteiger partial charge in [-0.25, -0.2) is 0 Å². The van der Waals surface area contributed by atoms with Crippen LogP contribution in [0.25, 0.3) is 0 Å². The number of hydrogen-bond donors (Lipinski definition) is 1. The summed E-state index contributed by atoms with van der Waals surface area (Å²) < 4.78 is 10.7. The number of amides is 2. The second-order valence-electron chi connectivity index (χ2n) is 6.62. The molecule has 7 heteroatoms. The first-order valence-corrected chi connectivity index (χ1v) is 9.90. The number of nitrogens with zero attached hydrogens (tertiary/aromatic N) is 1. The van der Waals surface area contributed by atoms with Gasteiger partial charge in [-0.15, -0.1) is 11.8 Å². The summed E-state index contributed by atoms with van der Waals surface area (Å²) in [6.07, 6.45) is 0.627. The zero-order chi connectivity index (χ0) is 19.3. The number of ether oxygens (including phenoxy) is 2. The van der Waals surface area contributed by atoms with Gasteiger partial charge in [0.05, 0.1) is 20.0 Å². The molecule has 1 aliphatic heterocycles. The van der Waals surface area contributed by atoms with Crippen molar-refractivity contribution in [2.45, 2.75) is 38.6 Å². The van der Waals surface area contributed by atoms with E-state index in [1.165, 1.54) is 11.8 Å². The molecule has 6 nitrogen and oxygen atoms in total. The molecule has 0 radical (unpaired) electrons. The lowest BCUT2D eigenvalue weighted by Crippen LogP contribution is -2.49. The predicted octanol–water partition coefficient (Wildman–Crippen LogP) is 2.83. The molecule has 2 amide bonds. The van der Waals surface area contributed by atoms with Crippen LogP contribution in [0.4, 0.5) is 0 Å². The molecule has 1 aromatic rings. The van der Waals surface area contributed by atoms with Gasteiger partial charge < -0.3 is 19.7 Å². The van der Waals surface area contributed by atoms with Gasteiger partial charge in [-0.05, 0) is 37.0 Å². The number of carbonyl (C=O) groups is 2. The molecule has 1 fully saturated rings. The third-order valence-corrected chi connectivity index (χ3v) is 5.51. The van der Waals surface area contributed by atoms with E-state index in [4.69, 9.17) is 9.47 Å². The Balaban J connectivity index is 2.38. The van der Waals surface area contributed by atoms with E-state index in [1.807, 2.05) is 25.1 Å². The van der Waals surface area contributed by atoms with E-state index in [1.54, 1.807) is 19.1 Å². The molecule has 1 N–H and O–H groups in total. The second kappa shape index (κ2) is 9.16. The van der Waals surface area contributed by atoms with Crippen LogP contribution in [0.5, 0.6) is 11.5 Å². The predicted molar refractivity (Wildman–Crippen MR) is 104 cm³/mol. The Labute approximate surface area is 159 Å². The van der Waals surface area contributed by atoms with Crippen molar-refractivity contribution in [1.29, 1.82) is 0 Å². The molecule has 1 aliphatic rings. The van der Waals surface area contributed by atoms with Crippen molar-refractivity contribution < 1.29 is 19.1 Å². The summed E-state index contributed by atoms with van der Waals surface area (Å²) in [5, 5.41) is 2.66. The van der Waals surface area contributed by atoms with Gasteiger partial charge in [0, 0.05) is 6.54 Å². The van der Waals surface area contributed by atoms with Gasteiger partial charge in [0.25, 0.3) is 0 Å². The maximum absolute atomic E-state index is 12.7. The molecule has 0 spiro atoms. The smallest absolute Gasteiger partial charge is 0.242 e. The summed E-state index contributed by atoms with van der Waals surface area (Å²) in [7, 11) is 3.17. The Kier molecular flexibility index (Phi) is 7.20. The summed E-state index contributed by atoms with van der Waals surface area (Å²) in [6, 6.07) is 5.16. The first kappa shape index (κ1) is 20.4. The highest BCUT2D eigenvalue weighted by Gasteiger charge is 2.41. The molecule has 2 atom stereocenters. The van der Waals surface area contributed by atoms with Crippen molar-refractivity contribution in [3.05, 3.63) is 23.8 Å². The fourth-order valence-electron chi connectivity index (χ4n) is 3.12. The van der Waals surface area contributed by atoms with Gasteiger partial charge in [0.1, 0.15) is 11.4 Å². The van der Waals surface area contributed by atoms with Crippen LogP contribution < -0.4 is 14.8 Å². The minimum atomic E-state index is -0.476. The number of likely N-dealkylation sites (N-methyl/N-ethyl adjacent to an activating group) is 1. The molecule has 144 valence electrons. The van der Waals surface area contributed by atoms with Crippen molar-refractivity contribution in [3.63, 3.8) is 0 Å². The van der Waals surface area contributed by atoms with Gasteiger partial charge in [0.15, 0.2) is 11.5 Å². The van der Waals surface area contributed by atoms with Gasteiger partial charge in [-0.1, -0.05) is 19.9 Å². The number of hydrogen-bond acceptors (Lipinski definition) is 5. The first-order valence-electron chi connectivity index (χ1n) is 8.85. The summed E-state index contributed by atoms with van der Waals surface area (Å²) in [6.45, 7) is 6.55. The van der Waals surface area contributed by atoms with Crippen molar-refractivity contribution >= 4 is 23.6 Å². The summed E-state index contributed by atoms with van der Waals surface area (Å²) in [4.78, 5) is 27.0. The fourth-order valence-corrected chi connectivity index (χ4v) is 4.34. The topological polar surface area (TPSA) is 67.9 Å². The van der Waals surface area contributed by atoms with Crippen LogP contribution in [0, 0.1) is 5.92 Å². The lowest BCUT2D eigenvalue weighted by molar-refractivity contribution is -0.139. The normalized spacial score (nSPS) is 18.2. The Morgan fingerprint density at radius 2 is 2.00 bits per heavy atom. The lowest BCUT2D eigenvalue weighted by Gasteiger charge is -2.33. The number of nitrogens with one attached hydrogen (secondary N) is 1. The van der Waals surface area contributed by atoms with Crippen LogP contribution in [0.1, 0.15) is 38.1 Å². The molecule has 2 rings (SSSR count). The maximum atomic E-state index is 12.7. The van der Waals surface area contributed by atoms with E-state index in [0.29, 0.717) is 36.1 Å². The number of benzene rings is 1. The first-order chi connectivity index (χ1) is 12.4. The van der Waals surface area contributed by atoms with Gasteiger partial charge >= 0.3 is 0 Å². The number of rotatable bonds is 8. The third kappa shape index (κ3) is 4.44. The lowest BCUT2D eigenvalue weighted by atomic mass is 10.0. The van der Waals surface area contributed by atoms with E-state index in [9.17, 15) is 9.59 Å². The average molecular weight is 381 g/mol. The summed E-state index contributed by atoms with van der Waals surface area (Å²) >= 11 is 1.54. The van der Waals surface area contributed by atoms with Gasteiger partial charge in [0.2, 0.25) is 11.8 Å². The quantitative estimate of drug-likeness (QED) is 0.751.